The van der Waals surface area contributed by atoms with Crippen molar-refractivity contribution >= 4 is 16.9 Å². The summed E-state index contributed by atoms with van der Waals surface area (Å²) in [6.45, 7) is 0.261. The van der Waals surface area contributed by atoms with E-state index in [-0.39, 0.29) is 18.6 Å². The second-order valence-electron chi connectivity index (χ2n) is 5.51. The van der Waals surface area contributed by atoms with E-state index >= 15 is 0 Å². The Labute approximate surface area is 117 Å². The van der Waals surface area contributed by atoms with Crippen LogP contribution in [0.1, 0.15) is 36.0 Å². The van der Waals surface area contributed by atoms with Gasteiger partial charge in [-0.1, -0.05) is 0 Å². The van der Waals surface area contributed by atoms with Gasteiger partial charge in [0.25, 0.3) is 5.91 Å². The number of aromatic nitrogens is 2. The molecule has 1 aliphatic carbocycles. The Morgan fingerprint density at radius 1 is 1.35 bits per heavy atom. The SMILES string of the molecule is O=C(NC1CCC(CO)CC1)c1ccc2nc[nH]c2c1. The molecule has 106 valence electrons. The molecule has 0 bridgehead atoms. The van der Waals surface area contributed by atoms with Crippen LogP contribution in [0.4, 0.5) is 0 Å². The summed E-state index contributed by atoms with van der Waals surface area (Å²) in [5.74, 6) is 0.374. The van der Waals surface area contributed by atoms with Gasteiger partial charge in [0.1, 0.15) is 0 Å². The number of nitrogens with zero attached hydrogens (tertiary/aromatic N) is 1. The highest BCUT2D eigenvalue weighted by Gasteiger charge is 2.22. The predicted octanol–water partition coefficient (Wildman–Crippen LogP) is 1.84. The number of carbonyl (C=O) groups is 1. The normalized spacial score (nSPS) is 22.9. The third-order valence-corrected chi connectivity index (χ3v) is 4.12. The number of imidazole rings is 1. The van der Waals surface area contributed by atoms with E-state index in [9.17, 15) is 4.79 Å². The van der Waals surface area contributed by atoms with Crippen molar-refractivity contribution in [2.45, 2.75) is 31.7 Å². The third kappa shape index (κ3) is 2.67. The molecule has 3 N–H and O–H groups in total. The molecule has 0 aliphatic heterocycles. The lowest BCUT2D eigenvalue weighted by molar-refractivity contribution is 0.0914. The van der Waals surface area contributed by atoms with Gasteiger partial charge in [-0.2, -0.15) is 0 Å². The first-order chi connectivity index (χ1) is 9.76. The van der Waals surface area contributed by atoms with E-state index in [1.165, 1.54) is 0 Å². The van der Waals surface area contributed by atoms with Crippen LogP contribution in [-0.4, -0.2) is 33.6 Å². The van der Waals surface area contributed by atoms with E-state index in [1.54, 1.807) is 12.4 Å². The lowest BCUT2D eigenvalue weighted by Gasteiger charge is -2.27. The quantitative estimate of drug-likeness (QED) is 0.798. The summed E-state index contributed by atoms with van der Waals surface area (Å²) in [5.41, 5.74) is 2.40. The number of hydrogen-bond acceptors (Lipinski definition) is 3. The summed E-state index contributed by atoms with van der Waals surface area (Å²) < 4.78 is 0. The topological polar surface area (TPSA) is 78.0 Å². The molecule has 20 heavy (non-hydrogen) atoms. The minimum Gasteiger partial charge on any atom is -0.396 e. The van der Waals surface area contributed by atoms with Gasteiger partial charge in [0.15, 0.2) is 0 Å². The predicted molar refractivity (Wildman–Crippen MR) is 76.4 cm³/mol. The zero-order valence-corrected chi connectivity index (χ0v) is 11.3. The number of H-pyrrole nitrogens is 1. The van der Waals surface area contributed by atoms with E-state index in [0.29, 0.717) is 11.5 Å². The molecule has 1 aliphatic rings. The Morgan fingerprint density at radius 3 is 2.90 bits per heavy atom. The van der Waals surface area contributed by atoms with Crippen LogP contribution in [-0.2, 0) is 0 Å². The highest BCUT2D eigenvalue weighted by Crippen LogP contribution is 2.24. The molecule has 0 radical (unpaired) electrons. The molecular weight excluding hydrogens is 254 g/mol. The molecule has 1 amide bonds. The number of aromatic amines is 1. The molecule has 0 saturated heterocycles. The molecule has 0 atom stereocenters. The lowest BCUT2D eigenvalue weighted by atomic mass is 9.86. The van der Waals surface area contributed by atoms with E-state index in [4.69, 9.17) is 5.11 Å². The Hall–Kier alpha value is -1.88. The van der Waals surface area contributed by atoms with Crippen LogP contribution >= 0.6 is 0 Å². The zero-order chi connectivity index (χ0) is 13.9. The largest absolute Gasteiger partial charge is 0.396 e. The summed E-state index contributed by atoms with van der Waals surface area (Å²) in [4.78, 5) is 19.4. The van der Waals surface area contributed by atoms with Crippen molar-refractivity contribution in [2.75, 3.05) is 6.61 Å². The Morgan fingerprint density at radius 2 is 2.15 bits per heavy atom. The van der Waals surface area contributed by atoms with Crippen molar-refractivity contribution in [1.82, 2.24) is 15.3 Å². The fourth-order valence-corrected chi connectivity index (χ4v) is 2.83. The van der Waals surface area contributed by atoms with Crippen molar-refractivity contribution in [3.8, 4) is 0 Å². The van der Waals surface area contributed by atoms with Gasteiger partial charge in [0.2, 0.25) is 0 Å². The third-order valence-electron chi connectivity index (χ3n) is 4.12. The van der Waals surface area contributed by atoms with Crippen LogP contribution in [0.2, 0.25) is 0 Å². The standard InChI is InChI=1S/C15H19N3O2/c19-8-10-1-4-12(5-2-10)18-15(20)11-3-6-13-14(7-11)17-9-16-13/h3,6-7,9-10,12,19H,1-2,4-5,8H2,(H,16,17)(H,18,20). The van der Waals surface area contributed by atoms with E-state index in [2.05, 4.69) is 15.3 Å². The number of aliphatic hydroxyl groups excluding tert-OH is 1. The van der Waals surface area contributed by atoms with Crippen LogP contribution in [0.3, 0.4) is 0 Å². The first kappa shape index (κ1) is 13.1. The minimum absolute atomic E-state index is 0.0334. The van der Waals surface area contributed by atoms with Gasteiger partial charge in [0, 0.05) is 18.2 Å². The number of rotatable bonds is 3. The Balaban J connectivity index is 1.64. The molecule has 0 spiro atoms. The number of fused-ring (bicyclic) bond motifs is 1. The lowest BCUT2D eigenvalue weighted by Crippen LogP contribution is -2.38. The number of nitrogens with one attached hydrogen (secondary N) is 2. The van der Waals surface area contributed by atoms with Crippen molar-refractivity contribution < 1.29 is 9.90 Å². The highest BCUT2D eigenvalue weighted by molar-refractivity contribution is 5.97. The van der Waals surface area contributed by atoms with Gasteiger partial charge in [-0.05, 0) is 49.8 Å². The molecule has 1 saturated carbocycles. The maximum Gasteiger partial charge on any atom is 0.251 e. The second-order valence-corrected chi connectivity index (χ2v) is 5.51. The van der Waals surface area contributed by atoms with Gasteiger partial charge in [-0.15, -0.1) is 0 Å². The molecule has 2 aromatic rings. The first-order valence-corrected chi connectivity index (χ1v) is 7.11. The number of benzene rings is 1. The number of carbonyl (C=O) groups excluding carboxylic acids is 1. The Bertz CT molecular complexity index is 600. The number of hydrogen-bond donors (Lipinski definition) is 3. The average Bonchev–Trinajstić information content (AvgIpc) is 2.95. The summed E-state index contributed by atoms with van der Waals surface area (Å²) in [6, 6.07) is 5.71. The molecule has 5 nitrogen and oxygen atoms in total. The summed E-state index contributed by atoms with van der Waals surface area (Å²) >= 11 is 0. The van der Waals surface area contributed by atoms with Gasteiger partial charge in [-0.3, -0.25) is 4.79 Å². The van der Waals surface area contributed by atoms with Crippen molar-refractivity contribution in [3.05, 3.63) is 30.1 Å². The van der Waals surface area contributed by atoms with Crippen LogP contribution in [0.15, 0.2) is 24.5 Å². The van der Waals surface area contributed by atoms with E-state index in [1.807, 2.05) is 12.1 Å². The summed E-state index contributed by atoms with van der Waals surface area (Å²) in [7, 11) is 0. The van der Waals surface area contributed by atoms with Gasteiger partial charge in [-0.25, -0.2) is 4.98 Å². The first-order valence-electron chi connectivity index (χ1n) is 7.11. The molecule has 1 heterocycles. The summed E-state index contributed by atoms with van der Waals surface area (Å²) in [6.07, 6.45) is 5.50. The summed E-state index contributed by atoms with van der Waals surface area (Å²) in [5, 5.41) is 12.2. The van der Waals surface area contributed by atoms with Gasteiger partial charge >= 0.3 is 0 Å². The zero-order valence-electron chi connectivity index (χ0n) is 11.3. The van der Waals surface area contributed by atoms with Crippen molar-refractivity contribution in [1.29, 1.82) is 0 Å². The fourth-order valence-electron chi connectivity index (χ4n) is 2.83. The maximum atomic E-state index is 12.2. The van der Waals surface area contributed by atoms with E-state index < -0.39 is 0 Å². The molecule has 3 rings (SSSR count). The Kier molecular flexibility index (Phi) is 3.69. The van der Waals surface area contributed by atoms with Gasteiger partial charge in [0.05, 0.1) is 17.4 Å². The van der Waals surface area contributed by atoms with Crippen LogP contribution < -0.4 is 5.32 Å². The molecule has 1 aromatic heterocycles. The molecule has 0 unspecified atom stereocenters. The average molecular weight is 273 g/mol. The fraction of sp³-hybridized carbons (Fsp3) is 0.467. The number of amides is 1. The second kappa shape index (κ2) is 5.63. The molecule has 5 heteroatoms. The highest BCUT2D eigenvalue weighted by atomic mass is 16.3. The van der Waals surface area contributed by atoms with Crippen LogP contribution in [0.5, 0.6) is 0 Å². The van der Waals surface area contributed by atoms with Gasteiger partial charge < -0.3 is 15.4 Å². The molecular formula is C15H19N3O2. The molecule has 1 fully saturated rings. The van der Waals surface area contributed by atoms with E-state index in [0.717, 1.165) is 36.7 Å². The van der Waals surface area contributed by atoms with Crippen LogP contribution in [0, 0.1) is 5.92 Å². The number of aliphatic hydroxyl groups is 1. The molecule has 1 aromatic carbocycles. The maximum absolute atomic E-state index is 12.2. The van der Waals surface area contributed by atoms with Crippen molar-refractivity contribution in [3.63, 3.8) is 0 Å². The van der Waals surface area contributed by atoms with Crippen LogP contribution in [0.25, 0.3) is 11.0 Å². The minimum atomic E-state index is -0.0334. The van der Waals surface area contributed by atoms with Crippen molar-refractivity contribution in [2.24, 2.45) is 5.92 Å². The smallest absolute Gasteiger partial charge is 0.251 e. The monoisotopic (exact) mass is 273 g/mol.